The number of benzene rings is 1. The van der Waals surface area contributed by atoms with Crippen molar-refractivity contribution in [3.05, 3.63) is 23.8 Å². The molecule has 0 aliphatic heterocycles. The molecule has 0 radical (unpaired) electrons. The predicted octanol–water partition coefficient (Wildman–Crippen LogP) is 3.46. The fourth-order valence-electron chi connectivity index (χ4n) is 4.45. The molecular weight excluding hydrogens is 352 g/mol. The zero-order valence-corrected chi connectivity index (χ0v) is 16.7. The van der Waals surface area contributed by atoms with Crippen molar-refractivity contribution < 1.29 is 14.3 Å². The zero-order chi connectivity index (χ0) is 18.0. The van der Waals surface area contributed by atoms with Gasteiger partial charge in [0.15, 0.2) is 11.5 Å². The molecule has 2 aliphatic rings. The summed E-state index contributed by atoms with van der Waals surface area (Å²) < 4.78 is 11.3. The van der Waals surface area contributed by atoms with Gasteiger partial charge in [-0.1, -0.05) is 6.07 Å². The van der Waals surface area contributed by atoms with E-state index >= 15 is 0 Å². The third kappa shape index (κ3) is 4.09. The van der Waals surface area contributed by atoms with E-state index in [0.29, 0.717) is 25.0 Å². The summed E-state index contributed by atoms with van der Waals surface area (Å²) in [5.41, 5.74) is 7.31. The number of carbonyl (C=O) groups is 1. The molecule has 1 aromatic rings. The molecule has 0 aromatic heterocycles. The number of hydrogen-bond donors (Lipinski definition) is 2. The van der Waals surface area contributed by atoms with E-state index in [1.807, 2.05) is 39.0 Å². The van der Waals surface area contributed by atoms with E-state index < -0.39 is 0 Å². The summed E-state index contributed by atoms with van der Waals surface area (Å²) in [6, 6.07) is 5.79. The molecule has 6 heteroatoms. The van der Waals surface area contributed by atoms with Crippen molar-refractivity contribution in [3.63, 3.8) is 0 Å². The lowest BCUT2D eigenvalue weighted by molar-refractivity contribution is -0.127. The fraction of sp³-hybridized carbons (Fsp3) is 0.650. The van der Waals surface area contributed by atoms with E-state index in [4.69, 9.17) is 15.2 Å². The molecule has 26 heavy (non-hydrogen) atoms. The van der Waals surface area contributed by atoms with Crippen LogP contribution in [-0.4, -0.2) is 25.2 Å². The molecule has 0 heterocycles. The first kappa shape index (κ1) is 20.8. The summed E-state index contributed by atoms with van der Waals surface area (Å²) in [5, 5.41) is 3.16. The third-order valence-electron chi connectivity index (χ3n) is 5.71. The second kappa shape index (κ2) is 8.96. The first-order chi connectivity index (χ1) is 12.0. The zero-order valence-electron chi connectivity index (χ0n) is 15.9. The summed E-state index contributed by atoms with van der Waals surface area (Å²) >= 11 is 0. The molecule has 2 fully saturated rings. The average molecular weight is 383 g/mol. The topological polar surface area (TPSA) is 73.6 Å². The fourth-order valence-corrected chi connectivity index (χ4v) is 4.45. The predicted molar refractivity (Wildman–Crippen MR) is 105 cm³/mol. The van der Waals surface area contributed by atoms with Gasteiger partial charge in [0.25, 0.3) is 0 Å². The van der Waals surface area contributed by atoms with Crippen molar-refractivity contribution in [1.29, 1.82) is 0 Å². The van der Waals surface area contributed by atoms with Crippen molar-refractivity contribution in [2.75, 3.05) is 13.2 Å². The molecule has 0 spiro atoms. The SMILES string of the molecule is CCOc1ccc(C(C)NC(=O)C2C3CCC(C3)C2N)cc1OCC.Cl. The number of nitrogens with two attached hydrogens (primary N) is 1. The van der Waals surface area contributed by atoms with Gasteiger partial charge in [-0.3, -0.25) is 4.79 Å². The standard InChI is InChI=1S/C20H30N2O3.ClH/c1-4-24-16-9-8-13(11-17(16)25-5-2)12(3)22-20(23)18-14-6-7-15(10-14)19(18)21;/h8-9,11-12,14-15,18-19H,4-7,10,21H2,1-3H3,(H,22,23);1H. The number of hydrogen-bond acceptors (Lipinski definition) is 4. The van der Waals surface area contributed by atoms with Gasteiger partial charge in [-0.15, -0.1) is 12.4 Å². The van der Waals surface area contributed by atoms with E-state index in [1.165, 1.54) is 6.42 Å². The number of fused-ring (bicyclic) bond motifs is 2. The molecule has 0 saturated heterocycles. The largest absolute Gasteiger partial charge is 0.490 e. The lowest BCUT2D eigenvalue weighted by Gasteiger charge is -2.28. The summed E-state index contributed by atoms with van der Waals surface area (Å²) in [4.78, 5) is 12.8. The first-order valence-corrected chi connectivity index (χ1v) is 9.50. The van der Waals surface area contributed by atoms with Crippen LogP contribution in [0.4, 0.5) is 0 Å². The maximum absolute atomic E-state index is 12.8. The van der Waals surface area contributed by atoms with Crippen molar-refractivity contribution in [2.24, 2.45) is 23.5 Å². The maximum atomic E-state index is 12.8. The Bertz CT molecular complexity index is 623. The van der Waals surface area contributed by atoms with Gasteiger partial charge >= 0.3 is 0 Å². The van der Waals surface area contributed by atoms with Gasteiger partial charge in [0, 0.05) is 6.04 Å². The minimum Gasteiger partial charge on any atom is -0.490 e. The normalized spacial score (nSPS) is 27.5. The van der Waals surface area contributed by atoms with E-state index in [1.54, 1.807) is 0 Å². The Morgan fingerprint density at radius 2 is 1.85 bits per heavy atom. The summed E-state index contributed by atoms with van der Waals surface area (Å²) in [6.45, 7) is 7.06. The van der Waals surface area contributed by atoms with Crippen LogP contribution >= 0.6 is 12.4 Å². The van der Waals surface area contributed by atoms with Crippen molar-refractivity contribution in [1.82, 2.24) is 5.32 Å². The molecule has 5 unspecified atom stereocenters. The molecule has 1 amide bonds. The maximum Gasteiger partial charge on any atom is 0.225 e. The van der Waals surface area contributed by atoms with Crippen LogP contribution in [0, 0.1) is 17.8 Å². The number of halogens is 1. The van der Waals surface area contributed by atoms with Crippen molar-refractivity contribution >= 4 is 18.3 Å². The van der Waals surface area contributed by atoms with Gasteiger partial charge in [0.2, 0.25) is 5.91 Å². The second-order valence-electron chi connectivity index (χ2n) is 7.24. The monoisotopic (exact) mass is 382 g/mol. The highest BCUT2D eigenvalue weighted by molar-refractivity contribution is 5.85. The number of amides is 1. The van der Waals surface area contributed by atoms with Crippen molar-refractivity contribution in [2.45, 2.75) is 52.1 Å². The van der Waals surface area contributed by atoms with Crippen molar-refractivity contribution in [3.8, 4) is 11.5 Å². The Labute approximate surface area is 162 Å². The summed E-state index contributed by atoms with van der Waals surface area (Å²) in [5.74, 6) is 2.52. The van der Waals surface area contributed by atoms with Crippen LogP contribution in [0.5, 0.6) is 11.5 Å². The Morgan fingerprint density at radius 3 is 2.46 bits per heavy atom. The quantitative estimate of drug-likeness (QED) is 0.757. The highest BCUT2D eigenvalue weighted by Crippen LogP contribution is 2.47. The lowest BCUT2D eigenvalue weighted by atomic mass is 9.84. The number of carbonyl (C=O) groups excluding carboxylic acids is 1. The van der Waals surface area contributed by atoms with Crippen LogP contribution in [0.25, 0.3) is 0 Å². The van der Waals surface area contributed by atoms with E-state index in [-0.39, 0.29) is 36.3 Å². The Balaban J connectivity index is 0.00000243. The highest BCUT2D eigenvalue weighted by atomic mass is 35.5. The van der Waals surface area contributed by atoms with Gasteiger partial charge in [0.1, 0.15) is 0 Å². The van der Waals surface area contributed by atoms with Gasteiger partial charge in [-0.05, 0) is 69.6 Å². The molecule has 2 saturated carbocycles. The lowest BCUT2D eigenvalue weighted by Crippen LogP contribution is -2.45. The van der Waals surface area contributed by atoms with Crippen LogP contribution in [0.3, 0.4) is 0 Å². The van der Waals surface area contributed by atoms with Crippen LogP contribution in [0.15, 0.2) is 18.2 Å². The molecule has 2 bridgehead atoms. The van der Waals surface area contributed by atoms with Crippen LogP contribution in [0.2, 0.25) is 0 Å². The molecule has 5 nitrogen and oxygen atoms in total. The molecule has 146 valence electrons. The van der Waals surface area contributed by atoms with E-state index in [2.05, 4.69) is 5.32 Å². The first-order valence-electron chi connectivity index (χ1n) is 9.50. The minimum absolute atomic E-state index is 0. The summed E-state index contributed by atoms with van der Waals surface area (Å²) in [7, 11) is 0. The van der Waals surface area contributed by atoms with Gasteiger partial charge in [0.05, 0.1) is 25.2 Å². The number of nitrogens with one attached hydrogen (secondary N) is 1. The van der Waals surface area contributed by atoms with Gasteiger partial charge in [-0.25, -0.2) is 0 Å². The number of rotatable bonds is 7. The smallest absolute Gasteiger partial charge is 0.225 e. The van der Waals surface area contributed by atoms with Crippen LogP contribution in [0.1, 0.15) is 51.6 Å². The Morgan fingerprint density at radius 1 is 1.19 bits per heavy atom. The van der Waals surface area contributed by atoms with Crippen LogP contribution in [-0.2, 0) is 4.79 Å². The second-order valence-corrected chi connectivity index (χ2v) is 7.24. The molecule has 2 aliphatic carbocycles. The highest BCUT2D eigenvalue weighted by Gasteiger charge is 2.49. The molecule has 1 aromatic carbocycles. The third-order valence-corrected chi connectivity index (χ3v) is 5.71. The average Bonchev–Trinajstić information content (AvgIpc) is 3.17. The molecule has 5 atom stereocenters. The molecule has 3 N–H and O–H groups in total. The Hall–Kier alpha value is -1.46. The molecular formula is C20H31ClN2O3. The van der Waals surface area contributed by atoms with E-state index in [0.717, 1.165) is 29.9 Å². The van der Waals surface area contributed by atoms with E-state index in [9.17, 15) is 4.79 Å². The molecule has 3 rings (SSSR count). The minimum atomic E-state index is -0.0892. The van der Waals surface area contributed by atoms with Gasteiger partial charge < -0.3 is 20.5 Å². The summed E-state index contributed by atoms with van der Waals surface area (Å²) in [6.07, 6.45) is 3.44. The Kier molecular flexibility index (Phi) is 7.18. The number of ether oxygens (including phenoxy) is 2. The van der Waals surface area contributed by atoms with Crippen LogP contribution < -0.4 is 20.5 Å². The van der Waals surface area contributed by atoms with Gasteiger partial charge in [-0.2, -0.15) is 0 Å².